The summed E-state index contributed by atoms with van der Waals surface area (Å²) < 4.78 is 0. The van der Waals surface area contributed by atoms with Gasteiger partial charge < -0.3 is 15.7 Å². The highest BCUT2D eigenvalue weighted by atomic mass is 16.4. The van der Waals surface area contributed by atoms with Crippen molar-refractivity contribution in [1.82, 2.24) is 9.80 Å². The molecule has 0 aliphatic carbocycles. The van der Waals surface area contributed by atoms with Gasteiger partial charge in [-0.15, -0.1) is 0 Å². The number of aliphatic carboxylic acids is 1. The van der Waals surface area contributed by atoms with Crippen molar-refractivity contribution in [2.24, 2.45) is 5.73 Å². The lowest BCUT2D eigenvalue weighted by Crippen LogP contribution is -2.55. The molecule has 1 unspecified atom stereocenters. The molecule has 0 aromatic carbocycles. The van der Waals surface area contributed by atoms with E-state index in [-0.39, 0.29) is 11.9 Å². The van der Waals surface area contributed by atoms with E-state index in [0.29, 0.717) is 25.9 Å². The van der Waals surface area contributed by atoms with Crippen molar-refractivity contribution in [3.63, 3.8) is 0 Å². The fourth-order valence-corrected chi connectivity index (χ4v) is 3.37. The van der Waals surface area contributed by atoms with Gasteiger partial charge >= 0.3 is 5.97 Å². The fraction of sp³-hybridized carbons (Fsp3) is 0.857. The molecule has 6 nitrogen and oxygen atoms in total. The van der Waals surface area contributed by atoms with E-state index in [4.69, 9.17) is 5.73 Å². The van der Waals surface area contributed by atoms with Crippen molar-refractivity contribution in [3.05, 3.63) is 0 Å². The average Bonchev–Trinajstić information content (AvgIpc) is 2.86. The van der Waals surface area contributed by atoms with E-state index in [9.17, 15) is 14.7 Å². The second-order valence-corrected chi connectivity index (χ2v) is 5.95. The molecule has 1 atom stereocenters. The minimum atomic E-state index is -0.983. The lowest BCUT2D eigenvalue weighted by molar-refractivity contribution is -0.157. The van der Waals surface area contributed by atoms with Crippen LogP contribution in [-0.4, -0.2) is 64.5 Å². The summed E-state index contributed by atoms with van der Waals surface area (Å²) >= 11 is 0. The summed E-state index contributed by atoms with van der Waals surface area (Å²) in [6.45, 7) is 4.38. The van der Waals surface area contributed by atoms with Gasteiger partial charge in [-0.2, -0.15) is 0 Å². The molecule has 20 heavy (non-hydrogen) atoms. The first-order valence-corrected chi connectivity index (χ1v) is 7.51. The van der Waals surface area contributed by atoms with Crippen LogP contribution < -0.4 is 5.73 Å². The van der Waals surface area contributed by atoms with Crippen LogP contribution in [0.2, 0.25) is 0 Å². The number of carboxylic acids is 1. The van der Waals surface area contributed by atoms with E-state index in [1.807, 2.05) is 6.92 Å². The highest BCUT2D eigenvalue weighted by Gasteiger charge is 2.48. The summed E-state index contributed by atoms with van der Waals surface area (Å²) in [6.07, 6.45) is 3.63. The number of carbonyl (C=O) groups excluding carboxylic acids is 1. The molecule has 1 amide bonds. The van der Waals surface area contributed by atoms with E-state index < -0.39 is 11.5 Å². The summed E-state index contributed by atoms with van der Waals surface area (Å²) in [7, 11) is 0. The zero-order valence-electron chi connectivity index (χ0n) is 12.2. The lowest BCUT2D eigenvalue weighted by Gasteiger charge is -2.36. The van der Waals surface area contributed by atoms with Crippen LogP contribution >= 0.6 is 0 Å². The molecule has 114 valence electrons. The quantitative estimate of drug-likeness (QED) is 0.773. The van der Waals surface area contributed by atoms with Gasteiger partial charge in [0, 0.05) is 25.7 Å². The number of hydrogen-bond donors (Lipinski definition) is 2. The SMILES string of the molecule is CCC1(C(=O)O)CCCN1C(=O)CN1CCC(N)CC1. The summed E-state index contributed by atoms with van der Waals surface area (Å²) in [5.41, 5.74) is 4.87. The summed E-state index contributed by atoms with van der Waals surface area (Å²) in [5, 5.41) is 9.50. The Kier molecular flexibility index (Phi) is 4.65. The van der Waals surface area contributed by atoms with Crippen LogP contribution in [0.5, 0.6) is 0 Å². The first-order chi connectivity index (χ1) is 9.49. The number of carboxylic acid groups (broad SMARTS) is 1. The van der Waals surface area contributed by atoms with E-state index in [2.05, 4.69) is 4.90 Å². The van der Waals surface area contributed by atoms with Gasteiger partial charge in [0.2, 0.25) is 5.91 Å². The maximum Gasteiger partial charge on any atom is 0.329 e. The monoisotopic (exact) mass is 283 g/mol. The van der Waals surface area contributed by atoms with Crippen molar-refractivity contribution in [2.75, 3.05) is 26.2 Å². The van der Waals surface area contributed by atoms with Gasteiger partial charge in [-0.3, -0.25) is 9.69 Å². The summed E-state index contributed by atoms with van der Waals surface area (Å²) in [4.78, 5) is 27.7. The molecule has 0 bridgehead atoms. The number of amides is 1. The number of hydrogen-bond acceptors (Lipinski definition) is 4. The lowest BCUT2D eigenvalue weighted by atomic mass is 9.93. The molecule has 0 aromatic heterocycles. The first kappa shape index (κ1) is 15.3. The van der Waals surface area contributed by atoms with Gasteiger partial charge in [-0.25, -0.2) is 4.79 Å². The Morgan fingerprint density at radius 3 is 2.50 bits per heavy atom. The molecule has 2 aliphatic heterocycles. The predicted octanol–water partition coefficient (Wildman–Crippen LogP) is 0.265. The molecule has 6 heteroatoms. The van der Waals surface area contributed by atoms with Gasteiger partial charge in [0.15, 0.2) is 0 Å². The minimum Gasteiger partial charge on any atom is -0.479 e. The van der Waals surface area contributed by atoms with Crippen molar-refractivity contribution < 1.29 is 14.7 Å². The van der Waals surface area contributed by atoms with Crippen molar-refractivity contribution in [2.45, 2.75) is 50.6 Å². The molecule has 2 heterocycles. The average molecular weight is 283 g/mol. The van der Waals surface area contributed by atoms with Crippen molar-refractivity contribution >= 4 is 11.9 Å². The normalized spacial score (nSPS) is 28.8. The second-order valence-electron chi connectivity index (χ2n) is 5.95. The van der Waals surface area contributed by atoms with E-state index >= 15 is 0 Å². The number of nitrogens with two attached hydrogens (primary N) is 1. The van der Waals surface area contributed by atoms with Gasteiger partial charge in [0.25, 0.3) is 0 Å². The van der Waals surface area contributed by atoms with Crippen molar-refractivity contribution in [3.8, 4) is 0 Å². The van der Waals surface area contributed by atoms with Crippen molar-refractivity contribution in [1.29, 1.82) is 0 Å². The number of carbonyl (C=O) groups is 2. The van der Waals surface area contributed by atoms with E-state index in [1.165, 1.54) is 0 Å². The molecule has 0 aromatic rings. The third-order valence-corrected chi connectivity index (χ3v) is 4.76. The molecule has 2 saturated heterocycles. The Morgan fingerprint density at radius 2 is 1.95 bits per heavy atom. The molecule has 0 radical (unpaired) electrons. The second kappa shape index (κ2) is 6.10. The molecule has 0 spiro atoms. The third-order valence-electron chi connectivity index (χ3n) is 4.76. The van der Waals surface area contributed by atoms with E-state index in [1.54, 1.807) is 4.90 Å². The third kappa shape index (κ3) is 2.81. The van der Waals surface area contributed by atoms with Gasteiger partial charge in [-0.1, -0.05) is 6.92 Å². The van der Waals surface area contributed by atoms with Crippen LogP contribution in [0.25, 0.3) is 0 Å². The van der Waals surface area contributed by atoms with Crippen LogP contribution in [0.15, 0.2) is 0 Å². The van der Waals surface area contributed by atoms with Gasteiger partial charge in [0.05, 0.1) is 6.54 Å². The van der Waals surface area contributed by atoms with E-state index in [0.717, 1.165) is 32.4 Å². The zero-order valence-corrected chi connectivity index (χ0v) is 12.2. The molecule has 2 fully saturated rings. The molecule has 3 N–H and O–H groups in total. The van der Waals surface area contributed by atoms with Crippen LogP contribution in [0.4, 0.5) is 0 Å². The fourth-order valence-electron chi connectivity index (χ4n) is 3.37. The Balaban J connectivity index is 1.99. The topological polar surface area (TPSA) is 86.9 Å². The molecular formula is C14H25N3O3. The Bertz CT molecular complexity index is 380. The standard InChI is InChI=1S/C14H25N3O3/c1-2-14(13(19)20)6-3-7-17(14)12(18)10-16-8-4-11(15)5-9-16/h11H,2-10,15H2,1H3,(H,19,20). The number of nitrogens with zero attached hydrogens (tertiary/aromatic N) is 2. The van der Waals surface area contributed by atoms with Crippen LogP contribution in [-0.2, 0) is 9.59 Å². The number of likely N-dealkylation sites (tertiary alicyclic amines) is 2. The van der Waals surface area contributed by atoms with Crippen LogP contribution in [0.3, 0.4) is 0 Å². The minimum absolute atomic E-state index is 0.0535. The molecule has 2 aliphatic rings. The first-order valence-electron chi connectivity index (χ1n) is 7.51. The highest BCUT2D eigenvalue weighted by Crippen LogP contribution is 2.33. The number of piperidine rings is 1. The molecule has 2 rings (SSSR count). The maximum absolute atomic E-state index is 12.5. The summed E-state index contributed by atoms with van der Waals surface area (Å²) in [6, 6.07) is 0.238. The zero-order chi connectivity index (χ0) is 14.8. The Hall–Kier alpha value is -1.14. The smallest absolute Gasteiger partial charge is 0.329 e. The maximum atomic E-state index is 12.5. The molecular weight excluding hydrogens is 258 g/mol. The Morgan fingerprint density at radius 1 is 1.30 bits per heavy atom. The predicted molar refractivity (Wildman–Crippen MR) is 75.3 cm³/mol. The van der Waals surface area contributed by atoms with Crippen LogP contribution in [0.1, 0.15) is 39.0 Å². The largest absolute Gasteiger partial charge is 0.479 e. The Labute approximate surface area is 119 Å². The molecule has 0 saturated carbocycles. The summed E-state index contributed by atoms with van der Waals surface area (Å²) in [5.74, 6) is -0.922. The van der Waals surface area contributed by atoms with Gasteiger partial charge in [0.1, 0.15) is 5.54 Å². The highest BCUT2D eigenvalue weighted by molar-refractivity contribution is 5.88. The number of rotatable bonds is 4. The van der Waals surface area contributed by atoms with Gasteiger partial charge in [-0.05, 0) is 32.1 Å². The van der Waals surface area contributed by atoms with Crippen LogP contribution in [0, 0.1) is 0 Å².